The third-order valence-corrected chi connectivity index (χ3v) is 15.6. The standard InChI is InChI=1S/C76H49N5/c1-5-21-50(22-6-1)53-37-39-54(40-38-53)65-49-66(78-76(77-65)55-27-11-4-12-28-55)58-47-73(79-67-33-17-13-29-59(67)60-30-14-18-34-68(60)79)75(74(48-58)80-69-35-19-15-31-61(69)62-32-16-20-36-70(62)80)81-71-43-41-56(51-23-7-2-8-24-51)45-63(71)64-46-57(42-44-72(64)81)52-25-9-3-10-26-52/h1-49H/i2D,3D,7D,8D,9D,10D,23D,24D,25D,26D. The van der Waals surface area contributed by atoms with E-state index in [2.05, 4.69) is 117 Å². The first-order valence-electron chi connectivity index (χ1n) is 31.8. The average Bonchev–Trinajstić information content (AvgIpc) is 1.56. The van der Waals surface area contributed by atoms with E-state index in [1.165, 1.54) is 0 Å². The van der Waals surface area contributed by atoms with Crippen LogP contribution in [0.4, 0.5) is 0 Å². The molecule has 0 aliphatic heterocycles. The summed E-state index contributed by atoms with van der Waals surface area (Å²) >= 11 is 0. The topological polar surface area (TPSA) is 40.6 Å². The van der Waals surface area contributed by atoms with Gasteiger partial charge in [-0.2, -0.15) is 0 Å². The first-order valence-corrected chi connectivity index (χ1v) is 26.8. The predicted octanol–water partition coefficient (Wildman–Crippen LogP) is 19.8. The van der Waals surface area contributed by atoms with Crippen LogP contribution < -0.4 is 0 Å². The molecule has 0 spiro atoms. The Morgan fingerprint density at radius 2 is 0.605 bits per heavy atom. The van der Waals surface area contributed by atoms with E-state index in [0.717, 1.165) is 94.2 Å². The fraction of sp³-hybridized carbons (Fsp3) is 0. The summed E-state index contributed by atoms with van der Waals surface area (Å²) in [5.41, 5.74) is 14.1. The number of aromatic nitrogens is 5. The van der Waals surface area contributed by atoms with Gasteiger partial charge in [0.1, 0.15) is 0 Å². The van der Waals surface area contributed by atoms with E-state index in [9.17, 15) is 5.48 Å². The van der Waals surface area contributed by atoms with Gasteiger partial charge in [0.25, 0.3) is 0 Å². The number of rotatable bonds is 9. The van der Waals surface area contributed by atoms with Gasteiger partial charge >= 0.3 is 0 Å². The van der Waals surface area contributed by atoms with E-state index in [-0.39, 0.29) is 35.3 Å². The second-order valence-corrected chi connectivity index (χ2v) is 20.2. The third-order valence-electron chi connectivity index (χ3n) is 15.6. The molecule has 0 radical (unpaired) electrons. The highest BCUT2D eigenvalue weighted by atomic mass is 15.1. The van der Waals surface area contributed by atoms with E-state index >= 15 is 0 Å². The highest BCUT2D eigenvalue weighted by molar-refractivity contribution is 6.15. The number of fused-ring (bicyclic) bond motifs is 9. The van der Waals surface area contributed by atoms with Gasteiger partial charge in [0.2, 0.25) is 0 Å². The molecule has 16 aromatic rings. The second kappa shape index (κ2) is 18.9. The van der Waals surface area contributed by atoms with Crippen LogP contribution in [0.2, 0.25) is 0 Å². The monoisotopic (exact) mass is 1040 g/mol. The van der Waals surface area contributed by atoms with Crippen LogP contribution in [0.5, 0.6) is 0 Å². The minimum atomic E-state index is -0.509. The molecule has 0 unspecified atom stereocenters. The summed E-state index contributed by atoms with van der Waals surface area (Å²) in [7, 11) is 0. The first-order chi connectivity index (χ1) is 44.3. The van der Waals surface area contributed by atoms with Gasteiger partial charge in [-0.3, -0.25) is 0 Å². The third kappa shape index (κ3) is 7.70. The minimum Gasteiger partial charge on any atom is -0.307 e. The summed E-state index contributed by atoms with van der Waals surface area (Å²) in [6, 6.07) is 75.4. The molecule has 5 heteroatoms. The molecule has 4 aromatic heterocycles. The number of hydrogen-bond acceptors (Lipinski definition) is 2. The Bertz CT molecular complexity index is 5290. The molecule has 16 rings (SSSR count). The Kier molecular flexibility index (Phi) is 8.66. The van der Waals surface area contributed by atoms with E-state index in [0.29, 0.717) is 44.5 Å². The summed E-state index contributed by atoms with van der Waals surface area (Å²) in [5.74, 6) is 0.536. The fourth-order valence-corrected chi connectivity index (χ4v) is 12.0. The highest BCUT2D eigenvalue weighted by Crippen LogP contribution is 2.46. The molecule has 81 heavy (non-hydrogen) atoms. The van der Waals surface area contributed by atoms with Crippen LogP contribution in [0.1, 0.15) is 13.7 Å². The summed E-state index contributed by atoms with van der Waals surface area (Å²) in [6.07, 6.45) is 0. The van der Waals surface area contributed by atoms with Crippen LogP contribution in [0.15, 0.2) is 297 Å². The number of hydrogen-bond donors (Lipinski definition) is 0. The van der Waals surface area contributed by atoms with Crippen LogP contribution >= 0.6 is 0 Å². The van der Waals surface area contributed by atoms with Crippen LogP contribution in [0, 0.1) is 0 Å². The van der Waals surface area contributed by atoms with Crippen molar-refractivity contribution < 1.29 is 13.7 Å². The summed E-state index contributed by atoms with van der Waals surface area (Å²) in [6.45, 7) is 0. The van der Waals surface area contributed by atoms with Crippen molar-refractivity contribution in [2.24, 2.45) is 0 Å². The van der Waals surface area contributed by atoms with Crippen molar-refractivity contribution in [2.45, 2.75) is 0 Å². The largest absolute Gasteiger partial charge is 0.307 e. The molecule has 0 bridgehead atoms. The van der Waals surface area contributed by atoms with Gasteiger partial charge in [0.15, 0.2) is 5.82 Å². The first kappa shape index (κ1) is 37.0. The zero-order chi connectivity index (χ0) is 62.1. The zero-order valence-corrected chi connectivity index (χ0v) is 43.3. The van der Waals surface area contributed by atoms with Gasteiger partial charge in [0.05, 0.1) is 75.3 Å². The Balaban J connectivity index is 1.08. The normalized spacial score (nSPS) is 13.4. The van der Waals surface area contributed by atoms with Gasteiger partial charge in [-0.25, -0.2) is 9.97 Å². The van der Waals surface area contributed by atoms with E-state index < -0.39 is 36.3 Å². The highest BCUT2D eigenvalue weighted by Gasteiger charge is 2.27. The maximum absolute atomic E-state index is 9.19. The summed E-state index contributed by atoms with van der Waals surface area (Å²) in [4.78, 5) is 10.8. The Morgan fingerprint density at radius 3 is 1.06 bits per heavy atom. The molecule has 0 N–H and O–H groups in total. The van der Waals surface area contributed by atoms with E-state index in [1.54, 1.807) is 12.1 Å². The Hall–Kier alpha value is -10.9. The number of benzene rings is 12. The summed E-state index contributed by atoms with van der Waals surface area (Å²) in [5, 5.41) is 5.30. The molecule has 0 aliphatic carbocycles. The van der Waals surface area contributed by atoms with Crippen molar-refractivity contribution in [3.63, 3.8) is 0 Å². The number of nitrogens with zero attached hydrogens (tertiary/aromatic N) is 5. The van der Waals surface area contributed by atoms with Gasteiger partial charge < -0.3 is 13.7 Å². The molecule has 12 aromatic carbocycles. The maximum atomic E-state index is 9.19. The lowest BCUT2D eigenvalue weighted by molar-refractivity contribution is 1.05. The predicted molar refractivity (Wildman–Crippen MR) is 338 cm³/mol. The maximum Gasteiger partial charge on any atom is 0.160 e. The van der Waals surface area contributed by atoms with Gasteiger partial charge in [-0.1, -0.05) is 230 Å². The molecule has 378 valence electrons. The van der Waals surface area contributed by atoms with Crippen molar-refractivity contribution in [3.8, 4) is 84.3 Å². The molecule has 0 aliphatic rings. The van der Waals surface area contributed by atoms with Gasteiger partial charge in [-0.05, 0) is 100 Å². The van der Waals surface area contributed by atoms with Crippen molar-refractivity contribution in [1.29, 1.82) is 0 Å². The average molecular weight is 1040 g/mol. The number of para-hydroxylation sites is 4. The smallest absolute Gasteiger partial charge is 0.160 e. The van der Waals surface area contributed by atoms with Crippen molar-refractivity contribution >= 4 is 65.4 Å². The van der Waals surface area contributed by atoms with Crippen molar-refractivity contribution in [2.75, 3.05) is 0 Å². The fourth-order valence-electron chi connectivity index (χ4n) is 12.0. The lowest BCUT2D eigenvalue weighted by Crippen LogP contribution is -2.10. The lowest BCUT2D eigenvalue weighted by atomic mass is 10.0. The van der Waals surface area contributed by atoms with Crippen LogP contribution in [0.3, 0.4) is 0 Å². The molecular weight excluding hydrogens is 983 g/mol. The molecular formula is C76H49N5. The van der Waals surface area contributed by atoms with Crippen LogP contribution in [-0.2, 0) is 0 Å². The molecule has 5 nitrogen and oxygen atoms in total. The molecule has 0 atom stereocenters. The van der Waals surface area contributed by atoms with E-state index in [4.69, 9.17) is 18.2 Å². The van der Waals surface area contributed by atoms with E-state index in [1.807, 2.05) is 121 Å². The Morgan fingerprint density at radius 1 is 0.247 bits per heavy atom. The van der Waals surface area contributed by atoms with Crippen molar-refractivity contribution in [1.82, 2.24) is 23.7 Å². The second-order valence-electron chi connectivity index (χ2n) is 20.2. The quantitative estimate of drug-likeness (QED) is 0.145. The van der Waals surface area contributed by atoms with Gasteiger partial charge in [0, 0.05) is 49.0 Å². The van der Waals surface area contributed by atoms with Crippen molar-refractivity contribution in [3.05, 3.63) is 297 Å². The minimum absolute atomic E-state index is 0.0168. The molecule has 0 saturated heterocycles. The molecule has 0 saturated carbocycles. The molecule has 0 fully saturated rings. The molecule has 0 amide bonds. The van der Waals surface area contributed by atoms with Gasteiger partial charge in [-0.15, -0.1) is 0 Å². The zero-order valence-electron chi connectivity index (χ0n) is 53.3. The van der Waals surface area contributed by atoms with Crippen LogP contribution in [-0.4, -0.2) is 23.7 Å². The SMILES string of the molecule is [2H]c1c([2H])c([2H])c(-c2ccc3c(c2)c2cc(-c4c([2H])c([2H])c([2H])c([2H])c4[2H])ccc2n3-c2c(-n3c4ccccc4c4ccccc43)cc(-c3cc(-c4ccc(-c5ccccc5)cc4)nc(-c4ccccc4)n3)cc2-n2c3ccccc3c3ccccc32)c([2H])c1[2H]. The molecule has 4 heterocycles. The Labute approximate surface area is 482 Å². The lowest BCUT2D eigenvalue weighted by Gasteiger charge is -2.24. The van der Waals surface area contributed by atoms with Crippen LogP contribution in [0.25, 0.3) is 150 Å². The summed E-state index contributed by atoms with van der Waals surface area (Å²) < 4.78 is 95.6.